The van der Waals surface area contributed by atoms with Crippen LogP contribution in [0.15, 0.2) is 28.7 Å². The molecule has 0 saturated carbocycles. The van der Waals surface area contributed by atoms with Crippen molar-refractivity contribution >= 4 is 30.0 Å². The van der Waals surface area contributed by atoms with Crippen molar-refractivity contribution in [1.29, 1.82) is 0 Å². The van der Waals surface area contributed by atoms with Crippen molar-refractivity contribution in [2.45, 2.75) is 38.9 Å². The van der Waals surface area contributed by atoms with Crippen molar-refractivity contribution in [2.75, 3.05) is 0 Å². The first kappa shape index (κ1) is 13.4. The highest BCUT2D eigenvalue weighted by molar-refractivity contribution is 6.61. The highest BCUT2D eigenvalue weighted by atomic mass is 16.7. The van der Waals surface area contributed by atoms with E-state index in [9.17, 15) is 4.79 Å². The van der Waals surface area contributed by atoms with Crippen molar-refractivity contribution in [2.24, 2.45) is 0 Å². The third-order valence-electron chi connectivity index (χ3n) is 4.18. The number of fused-ring (bicyclic) bond motifs is 1. The van der Waals surface area contributed by atoms with Crippen LogP contribution in [0.1, 0.15) is 38.1 Å². The molecule has 0 amide bonds. The summed E-state index contributed by atoms with van der Waals surface area (Å²) in [6, 6.07) is 7.17. The summed E-state index contributed by atoms with van der Waals surface area (Å²) in [5.74, 6) is 0. The van der Waals surface area contributed by atoms with E-state index in [1.165, 1.54) is 0 Å². The maximum atomic E-state index is 10.8. The van der Waals surface area contributed by atoms with Crippen LogP contribution < -0.4 is 5.66 Å². The lowest BCUT2D eigenvalue weighted by atomic mass is 9.86. The number of hydrogen-bond acceptors (Lipinski definition) is 4. The number of benzene rings is 1. The second kappa shape index (κ2) is 4.20. The summed E-state index contributed by atoms with van der Waals surface area (Å²) in [6.45, 7) is 8.00. The predicted molar refractivity (Wildman–Crippen MR) is 77.3 cm³/mol. The minimum atomic E-state index is -0.521. The van der Waals surface area contributed by atoms with E-state index in [4.69, 9.17) is 13.7 Å². The molecule has 1 fully saturated rings. The van der Waals surface area contributed by atoms with Gasteiger partial charge >= 0.3 is 7.12 Å². The quantitative estimate of drug-likeness (QED) is 0.622. The lowest BCUT2D eigenvalue weighted by Crippen LogP contribution is -2.41. The molecule has 0 radical (unpaired) electrons. The van der Waals surface area contributed by atoms with Gasteiger partial charge in [-0.05, 0) is 52.0 Å². The molecule has 2 heterocycles. The van der Waals surface area contributed by atoms with Crippen molar-refractivity contribution in [3.63, 3.8) is 0 Å². The maximum Gasteiger partial charge on any atom is 0.532 e. The smallest absolute Gasteiger partial charge is 0.465 e. The molecule has 0 unspecified atom stereocenters. The fourth-order valence-electron chi connectivity index (χ4n) is 2.23. The Kier molecular flexibility index (Phi) is 2.82. The van der Waals surface area contributed by atoms with Crippen molar-refractivity contribution < 1.29 is 18.5 Å². The molecule has 4 nitrogen and oxygen atoms in total. The molecule has 1 aromatic heterocycles. The van der Waals surface area contributed by atoms with Crippen LogP contribution in [0.3, 0.4) is 0 Å². The van der Waals surface area contributed by atoms with E-state index in [0.717, 1.165) is 17.3 Å². The van der Waals surface area contributed by atoms with Crippen LogP contribution in [0, 0.1) is 0 Å². The number of rotatable bonds is 2. The van der Waals surface area contributed by atoms with Gasteiger partial charge in [-0.1, -0.05) is 0 Å². The molecule has 3 rings (SSSR count). The Hall–Kier alpha value is -1.59. The zero-order valence-electron chi connectivity index (χ0n) is 12.1. The summed E-state index contributed by atoms with van der Waals surface area (Å²) >= 11 is 0. The lowest BCUT2D eigenvalue weighted by molar-refractivity contribution is 0.00578. The average molecular weight is 272 g/mol. The van der Waals surface area contributed by atoms with Gasteiger partial charge in [0.1, 0.15) is 17.5 Å². The molecule has 20 heavy (non-hydrogen) atoms. The summed E-state index contributed by atoms with van der Waals surface area (Å²) in [5.41, 5.74) is 1.18. The van der Waals surface area contributed by atoms with Gasteiger partial charge < -0.3 is 13.7 Å². The Balaban J connectivity index is 1.98. The first-order valence-corrected chi connectivity index (χ1v) is 6.67. The van der Waals surface area contributed by atoms with E-state index in [1.54, 1.807) is 18.2 Å². The summed E-state index contributed by atoms with van der Waals surface area (Å²) in [5, 5.41) is 0.874. The van der Waals surface area contributed by atoms with Gasteiger partial charge in [-0.2, -0.15) is 0 Å². The van der Waals surface area contributed by atoms with E-state index in [2.05, 4.69) is 0 Å². The first-order chi connectivity index (χ1) is 9.32. The topological polar surface area (TPSA) is 48.7 Å². The lowest BCUT2D eigenvalue weighted by Gasteiger charge is -2.32. The van der Waals surface area contributed by atoms with Crippen LogP contribution in [0.25, 0.3) is 11.0 Å². The van der Waals surface area contributed by atoms with Gasteiger partial charge in [-0.15, -0.1) is 0 Å². The number of hydrogen-bond donors (Lipinski definition) is 0. The van der Waals surface area contributed by atoms with E-state index >= 15 is 0 Å². The summed E-state index contributed by atoms with van der Waals surface area (Å²) in [7, 11) is -0.521. The monoisotopic (exact) mass is 272 g/mol. The Morgan fingerprint density at radius 2 is 1.70 bits per heavy atom. The zero-order valence-corrected chi connectivity index (χ0v) is 12.1. The van der Waals surface area contributed by atoms with Crippen LogP contribution >= 0.6 is 0 Å². The molecule has 0 atom stereocenters. The number of furan rings is 1. The molecule has 0 N–H and O–H groups in total. The van der Waals surface area contributed by atoms with Crippen LogP contribution in [0.5, 0.6) is 0 Å². The van der Waals surface area contributed by atoms with Gasteiger partial charge in [-0.3, -0.25) is 4.79 Å². The highest BCUT2D eigenvalue weighted by Gasteiger charge is 2.53. The molecule has 0 aliphatic carbocycles. The van der Waals surface area contributed by atoms with Crippen molar-refractivity contribution in [3.05, 3.63) is 29.8 Å². The van der Waals surface area contributed by atoms with E-state index < -0.39 is 18.3 Å². The summed E-state index contributed by atoms with van der Waals surface area (Å²) in [4.78, 5) is 10.8. The van der Waals surface area contributed by atoms with Gasteiger partial charge in [0.2, 0.25) is 0 Å². The van der Waals surface area contributed by atoms with E-state index in [0.29, 0.717) is 11.2 Å². The fraction of sp³-hybridized carbons (Fsp3) is 0.400. The van der Waals surface area contributed by atoms with Crippen LogP contribution in [-0.4, -0.2) is 24.6 Å². The number of carbonyl (C=O) groups is 1. The first-order valence-electron chi connectivity index (χ1n) is 6.67. The average Bonchev–Trinajstić information content (AvgIpc) is 2.87. The van der Waals surface area contributed by atoms with Gasteiger partial charge in [-0.25, -0.2) is 0 Å². The molecular formula is C15H17BO4. The number of carbonyl (C=O) groups excluding carboxylic acids is 1. The van der Waals surface area contributed by atoms with Gasteiger partial charge in [0.05, 0.1) is 11.2 Å². The molecule has 1 saturated heterocycles. The molecule has 1 aliphatic rings. The Morgan fingerprint density at radius 3 is 2.30 bits per heavy atom. The maximum absolute atomic E-state index is 10.8. The fourth-order valence-corrected chi connectivity index (χ4v) is 2.23. The summed E-state index contributed by atoms with van der Waals surface area (Å²) in [6.07, 6.45) is 0.820. The second-order valence-corrected chi connectivity index (χ2v) is 6.15. The normalized spacial score (nSPS) is 20.5. The second-order valence-electron chi connectivity index (χ2n) is 6.15. The van der Waals surface area contributed by atoms with Crippen LogP contribution in [-0.2, 0) is 9.31 Å². The van der Waals surface area contributed by atoms with Gasteiger partial charge in [0, 0.05) is 10.9 Å². The highest BCUT2D eigenvalue weighted by Crippen LogP contribution is 2.36. The minimum absolute atomic E-state index is 0.398. The Labute approximate surface area is 118 Å². The molecule has 104 valence electrons. The molecule has 2 aromatic rings. The Morgan fingerprint density at radius 1 is 1.05 bits per heavy atom. The van der Waals surface area contributed by atoms with Crippen LogP contribution in [0.2, 0.25) is 0 Å². The predicted octanol–water partition coefficient (Wildman–Crippen LogP) is 2.54. The largest absolute Gasteiger partial charge is 0.532 e. The Bertz CT molecular complexity index is 656. The van der Waals surface area contributed by atoms with E-state index in [-0.39, 0.29) is 0 Å². The zero-order chi connectivity index (χ0) is 14.5. The van der Waals surface area contributed by atoms with Gasteiger partial charge in [0.25, 0.3) is 0 Å². The summed E-state index contributed by atoms with van der Waals surface area (Å²) < 4.78 is 17.7. The number of aldehydes is 1. The third kappa shape index (κ3) is 1.98. The minimum Gasteiger partial charge on any atom is -0.465 e. The molecule has 0 spiro atoms. The third-order valence-corrected chi connectivity index (χ3v) is 4.18. The van der Waals surface area contributed by atoms with Crippen LogP contribution in [0.4, 0.5) is 0 Å². The molecule has 1 aliphatic heterocycles. The molecule has 1 aromatic carbocycles. The molecule has 5 heteroatoms. The van der Waals surface area contributed by atoms with Crippen molar-refractivity contribution in [3.8, 4) is 0 Å². The van der Waals surface area contributed by atoms with E-state index in [1.807, 2.05) is 33.8 Å². The van der Waals surface area contributed by atoms with Gasteiger partial charge in [0.15, 0.2) is 0 Å². The SMILES string of the molecule is CC1(C)OB(c2cc3cc(C=O)ccc3o2)OC1(C)C. The molecular weight excluding hydrogens is 255 g/mol. The standard InChI is InChI=1S/C15H17BO4/c1-14(2)15(3,4)20-16(19-14)13-8-11-7-10(9-17)5-6-12(11)18-13/h5-9H,1-4H3. The molecule has 0 bridgehead atoms. The van der Waals surface area contributed by atoms with Crippen molar-refractivity contribution in [1.82, 2.24) is 0 Å².